The van der Waals surface area contributed by atoms with Crippen molar-refractivity contribution in [1.29, 1.82) is 0 Å². The molecule has 4 rings (SSSR count). The van der Waals surface area contributed by atoms with Crippen molar-refractivity contribution in [2.75, 3.05) is 7.05 Å². The molecule has 9 nitrogen and oxygen atoms in total. The molecule has 1 aliphatic rings. The van der Waals surface area contributed by atoms with Crippen molar-refractivity contribution in [3.63, 3.8) is 0 Å². The third-order valence-corrected chi connectivity index (χ3v) is 6.72. The van der Waals surface area contributed by atoms with Crippen LogP contribution in [0.25, 0.3) is 0 Å². The molecule has 2 aromatic carbocycles. The summed E-state index contributed by atoms with van der Waals surface area (Å²) in [5, 5.41) is -0.262. The highest BCUT2D eigenvalue weighted by molar-refractivity contribution is 9.10. The van der Waals surface area contributed by atoms with Crippen LogP contribution >= 0.6 is 15.9 Å². The summed E-state index contributed by atoms with van der Waals surface area (Å²) in [5.74, 6) is -1.09. The van der Waals surface area contributed by atoms with Gasteiger partial charge in [-0.25, -0.2) is 14.4 Å². The van der Waals surface area contributed by atoms with E-state index in [9.17, 15) is 17.6 Å². The first kappa shape index (κ1) is 22.0. The van der Waals surface area contributed by atoms with Crippen LogP contribution in [0.3, 0.4) is 0 Å². The number of aliphatic imine (C=N–C) groups is 1. The molecule has 0 radical (unpaired) electrons. The largest absolute Gasteiger partial charge is 0.378 e. The fourth-order valence-electron chi connectivity index (χ4n) is 3.37. The number of rotatable bonds is 5. The van der Waals surface area contributed by atoms with Crippen LogP contribution in [0, 0.1) is 5.82 Å². The lowest BCUT2D eigenvalue weighted by Gasteiger charge is -2.26. The van der Waals surface area contributed by atoms with Crippen molar-refractivity contribution in [2.45, 2.75) is 10.6 Å². The molecular formula is C20H17BrFN5O4S. The van der Waals surface area contributed by atoms with Gasteiger partial charge in [0.05, 0.1) is 10.8 Å². The van der Waals surface area contributed by atoms with Gasteiger partial charge in [0.25, 0.3) is 5.91 Å². The molecule has 1 aliphatic heterocycles. The predicted octanol–water partition coefficient (Wildman–Crippen LogP) is 2.12. The van der Waals surface area contributed by atoms with Gasteiger partial charge in [-0.1, -0.05) is 18.2 Å². The van der Waals surface area contributed by atoms with Gasteiger partial charge in [-0.3, -0.25) is 9.69 Å². The van der Waals surface area contributed by atoms with Gasteiger partial charge in [0.1, 0.15) is 11.6 Å². The zero-order valence-corrected chi connectivity index (χ0v) is 19.3. The average Bonchev–Trinajstić information content (AvgIpc) is 3.28. The Labute approximate surface area is 191 Å². The summed E-state index contributed by atoms with van der Waals surface area (Å²) in [5.41, 5.74) is 4.92. The minimum atomic E-state index is -4.21. The topological polar surface area (TPSA) is 120 Å². The van der Waals surface area contributed by atoms with E-state index in [1.807, 2.05) is 0 Å². The third-order valence-electron chi connectivity index (χ3n) is 4.97. The normalized spacial score (nSPS) is 18.7. The van der Waals surface area contributed by atoms with Gasteiger partial charge < -0.3 is 14.5 Å². The van der Waals surface area contributed by atoms with Gasteiger partial charge in [0.15, 0.2) is 11.5 Å². The summed E-state index contributed by atoms with van der Waals surface area (Å²) in [6.45, 7) is 0. The standard InChI is InChI=1S/C20H17BrFN5O4S/c1-26-10-17(24-11-26)32(29,30)31-14-5-3-4-12(8-14)20(18(28)27(2)19(23)25-20)13-6-7-16(22)15(21)9-13/h3-11H,1-2H3,(H2,23,25). The van der Waals surface area contributed by atoms with Crippen LogP contribution in [0.5, 0.6) is 5.75 Å². The van der Waals surface area contributed by atoms with E-state index in [0.29, 0.717) is 11.1 Å². The lowest BCUT2D eigenvalue weighted by atomic mass is 9.82. The van der Waals surface area contributed by atoms with Gasteiger partial charge >= 0.3 is 10.1 Å². The lowest BCUT2D eigenvalue weighted by molar-refractivity contribution is -0.129. The molecule has 0 saturated carbocycles. The molecular weight excluding hydrogens is 505 g/mol. The Hall–Kier alpha value is -3.25. The van der Waals surface area contributed by atoms with E-state index in [2.05, 4.69) is 25.9 Å². The van der Waals surface area contributed by atoms with E-state index in [1.54, 1.807) is 13.1 Å². The maximum absolute atomic E-state index is 13.9. The van der Waals surface area contributed by atoms with Crippen LogP contribution in [0.4, 0.5) is 4.39 Å². The number of nitrogens with two attached hydrogens (primary N) is 1. The molecule has 1 atom stereocenters. The smallest absolute Gasteiger partial charge is 0.358 e. The number of halogens is 2. The van der Waals surface area contributed by atoms with Crippen molar-refractivity contribution >= 4 is 37.9 Å². The van der Waals surface area contributed by atoms with Crippen molar-refractivity contribution in [3.05, 3.63) is 76.4 Å². The van der Waals surface area contributed by atoms with E-state index in [-0.39, 0.29) is 21.2 Å². The van der Waals surface area contributed by atoms with Crippen LogP contribution in [0.2, 0.25) is 0 Å². The Morgan fingerprint density at radius 3 is 2.47 bits per heavy atom. The van der Waals surface area contributed by atoms with E-state index in [0.717, 1.165) is 0 Å². The Kier molecular flexibility index (Phi) is 5.29. The number of carbonyl (C=O) groups is 1. The molecule has 2 heterocycles. The number of aryl methyl sites for hydroxylation is 1. The lowest BCUT2D eigenvalue weighted by Crippen LogP contribution is -2.41. The predicted molar refractivity (Wildman–Crippen MR) is 117 cm³/mol. The molecule has 166 valence electrons. The molecule has 1 amide bonds. The van der Waals surface area contributed by atoms with Crippen LogP contribution in [0.15, 0.2) is 69.5 Å². The summed E-state index contributed by atoms with van der Waals surface area (Å²) >= 11 is 3.13. The number of likely N-dealkylation sites (N-methyl/N-ethyl adjacent to an activating group) is 1. The SMILES string of the molecule is CN1C(=O)C(c2cccc(OS(=O)(=O)c3cn(C)cn3)c2)(c2ccc(F)c(Br)c2)N=C1N. The fraction of sp³-hybridized carbons (Fsp3) is 0.150. The van der Waals surface area contributed by atoms with Crippen LogP contribution < -0.4 is 9.92 Å². The Morgan fingerprint density at radius 2 is 1.88 bits per heavy atom. The van der Waals surface area contributed by atoms with Crippen molar-refractivity contribution in [1.82, 2.24) is 14.5 Å². The number of benzene rings is 2. The molecule has 0 bridgehead atoms. The average molecular weight is 522 g/mol. The summed E-state index contributed by atoms with van der Waals surface area (Å²) in [4.78, 5) is 22.7. The molecule has 0 fully saturated rings. The molecule has 0 aliphatic carbocycles. The summed E-state index contributed by atoms with van der Waals surface area (Å²) in [6, 6.07) is 9.97. The number of carbonyl (C=O) groups excluding carboxylic acids is 1. The Morgan fingerprint density at radius 1 is 1.16 bits per heavy atom. The van der Waals surface area contributed by atoms with E-state index in [1.165, 1.54) is 65.4 Å². The number of aromatic nitrogens is 2. The zero-order chi connectivity index (χ0) is 23.3. The maximum Gasteiger partial charge on any atom is 0.358 e. The highest BCUT2D eigenvalue weighted by Crippen LogP contribution is 2.41. The number of amides is 1. The second-order valence-electron chi connectivity index (χ2n) is 7.12. The number of nitrogens with zero attached hydrogens (tertiary/aromatic N) is 4. The third kappa shape index (κ3) is 3.54. The molecule has 0 spiro atoms. The highest BCUT2D eigenvalue weighted by atomic mass is 79.9. The first-order valence-electron chi connectivity index (χ1n) is 9.16. The van der Waals surface area contributed by atoms with Crippen molar-refractivity contribution < 1.29 is 21.8 Å². The van der Waals surface area contributed by atoms with E-state index >= 15 is 0 Å². The van der Waals surface area contributed by atoms with Crippen molar-refractivity contribution in [2.24, 2.45) is 17.8 Å². The second-order valence-corrected chi connectivity index (χ2v) is 9.46. The molecule has 12 heteroatoms. The Bertz CT molecular complexity index is 1370. The summed E-state index contributed by atoms with van der Waals surface area (Å²) < 4.78 is 45.9. The van der Waals surface area contributed by atoms with Gasteiger partial charge in [0.2, 0.25) is 5.03 Å². The minimum Gasteiger partial charge on any atom is -0.378 e. The molecule has 32 heavy (non-hydrogen) atoms. The zero-order valence-electron chi connectivity index (χ0n) is 16.9. The summed E-state index contributed by atoms with van der Waals surface area (Å²) in [6.07, 6.45) is 2.63. The highest BCUT2D eigenvalue weighted by Gasteiger charge is 2.50. The first-order chi connectivity index (χ1) is 15.0. The van der Waals surface area contributed by atoms with Crippen LogP contribution in [0.1, 0.15) is 11.1 Å². The second kappa shape index (κ2) is 7.71. The van der Waals surface area contributed by atoms with Crippen LogP contribution in [-0.2, 0) is 27.5 Å². The minimum absolute atomic E-state index is 0.0390. The molecule has 3 aromatic rings. The monoisotopic (exact) mass is 521 g/mol. The van der Waals surface area contributed by atoms with Crippen LogP contribution in [-0.4, -0.2) is 41.8 Å². The molecule has 0 saturated heterocycles. The number of hydrogen-bond donors (Lipinski definition) is 1. The van der Waals surface area contributed by atoms with Crippen molar-refractivity contribution in [3.8, 4) is 5.75 Å². The summed E-state index contributed by atoms with van der Waals surface area (Å²) in [7, 11) is -1.12. The molecule has 1 unspecified atom stereocenters. The molecule has 1 aromatic heterocycles. The maximum atomic E-state index is 13.9. The first-order valence-corrected chi connectivity index (χ1v) is 11.4. The van der Waals surface area contributed by atoms with E-state index < -0.39 is 27.4 Å². The Balaban J connectivity index is 1.84. The number of guanidine groups is 1. The van der Waals surface area contributed by atoms with Gasteiger partial charge in [-0.2, -0.15) is 8.42 Å². The fourth-order valence-corrected chi connectivity index (χ4v) is 4.66. The van der Waals surface area contributed by atoms with Gasteiger partial charge in [-0.05, 0) is 51.3 Å². The number of imidazole rings is 1. The number of hydrogen-bond acceptors (Lipinski definition) is 7. The van der Waals surface area contributed by atoms with E-state index in [4.69, 9.17) is 9.92 Å². The van der Waals surface area contributed by atoms with Gasteiger partial charge in [0, 0.05) is 20.3 Å². The van der Waals surface area contributed by atoms with Gasteiger partial charge in [-0.15, -0.1) is 0 Å². The quantitative estimate of drug-likeness (QED) is 0.513. The molecule has 2 N–H and O–H groups in total.